The van der Waals surface area contributed by atoms with Gasteiger partial charge in [-0.3, -0.25) is 4.79 Å². The van der Waals surface area contributed by atoms with Gasteiger partial charge in [0.25, 0.3) is 0 Å². The Hall–Kier alpha value is -2.08. The van der Waals surface area contributed by atoms with E-state index >= 15 is 0 Å². The Labute approximate surface area is 132 Å². The Morgan fingerprint density at radius 1 is 1.05 bits per heavy atom. The van der Waals surface area contributed by atoms with Crippen LogP contribution in [-0.2, 0) is 11.3 Å². The Bertz CT molecular complexity index is 451. The maximum absolute atomic E-state index is 11.9. The van der Waals surface area contributed by atoms with Crippen molar-refractivity contribution in [2.45, 2.75) is 19.4 Å². The lowest BCUT2D eigenvalue weighted by atomic mass is 10.2. The van der Waals surface area contributed by atoms with Gasteiger partial charge < -0.3 is 20.9 Å². The van der Waals surface area contributed by atoms with Crippen LogP contribution < -0.4 is 16.0 Å². The van der Waals surface area contributed by atoms with E-state index in [9.17, 15) is 9.59 Å². The molecule has 0 saturated carbocycles. The zero-order chi connectivity index (χ0) is 16.2. The second-order valence-electron chi connectivity index (χ2n) is 5.13. The monoisotopic (exact) mass is 306 g/mol. The number of carbonyl (C=O) groups excluding carboxylic acids is 2. The highest BCUT2D eigenvalue weighted by molar-refractivity contribution is 5.78. The van der Waals surface area contributed by atoms with E-state index in [0.717, 1.165) is 18.5 Å². The number of urea groups is 1. The molecule has 1 aromatic rings. The number of carbonyl (C=O) groups is 2. The fourth-order valence-electron chi connectivity index (χ4n) is 1.93. The first-order valence-corrected chi connectivity index (χ1v) is 7.57. The summed E-state index contributed by atoms with van der Waals surface area (Å²) in [6.07, 6.45) is 1.19. The van der Waals surface area contributed by atoms with Gasteiger partial charge >= 0.3 is 6.03 Å². The normalized spacial score (nSPS) is 10.1. The molecule has 0 unspecified atom stereocenters. The zero-order valence-corrected chi connectivity index (χ0v) is 13.4. The van der Waals surface area contributed by atoms with Crippen LogP contribution in [-0.4, -0.2) is 50.6 Å². The van der Waals surface area contributed by atoms with Crippen LogP contribution in [0.3, 0.4) is 0 Å². The van der Waals surface area contributed by atoms with Gasteiger partial charge in [0.1, 0.15) is 0 Å². The minimum absolute atomic E-state index is 0.0397. The highest BCUT2D eigenvalue weighted by Crippen LogP contribution is 2.02. The molecule has 0 fully saturated rings. The molecular formula is C16H26N4O2. The van der Waals surface area contributed by atoms with Crippen molar-refractivity contribution in [1.82, 2.24) is 20.9 Å². The average molecular weight is 306 g/mol. The third kappa shape index (κ3) is 7.64. The summed E-state index contributed by atoms with van der Waals surface area (Å²) in [6.45, 7) is 2.42. The molecule has 0 atom stereocenters. The Morgan fingerprint density at radius 3 is 2.45 bits per heavy atom. The number of amides is 3. The molecule has 0 heterocycles. The van der Waals surface area contributed by atoms with Crippen LogP contribution in [0, 0.1) is 0 Å². The number of nitrogens with one attached hydrogen (secondary N) is 3. The summed E-state index contributed by atoms with van der Waals surface area (Å²) in [5.41, 5.74) is 1.07. The summed E-state index contributed by atoms with van der Waals surface area (Å²) in [4.78, 5) is 25.1. The van der Waals surface area contributed by atoms with Crippen molar-refractivity contribution in [2.24, 2.45) is 0 Å². The van der Waals surface area contributed by atoms with E-state index in [1.54, 1.807) is 11.9 Å². The third-order valence-corrected chi connectivity index (χ3v) is 3.16. The molecule has 22 heavy (non-hydrogen) atoms. The van der Waals surface area contributed by atoms with E-state index in [2.05, 4.69) is 16.0 Å². The number of nitrogens with zero attached hydrogens (tertiary/aromatic N) is 1. The maximum Gasteiger partial charge on any atom is 0.317 e. The lowest BCUT2D eigenvalue weighted by Gasteiger charge is -2.18. The van der Waals surface area contributed by atoms with Gasteiger partial charge in [-0.15, -0.1) is 0 Å². The highest BCUT2D eigenvalue weighted by Gasteiger charge is 2.09. The predicted molar refractivity (Wildman–Crippen MR) is 87.5 cm³/mol. The fourth-order valence-corrected chi connectivity index (χ4v) is 1.93. The molecule has 3 N–H and O–H groups in total. The highest BCUT2D eigenvalue weighted by atomic mass is 16.2. The van der Waals surface area contributed by atoms with Crippen LogP contribution in [0.4, 0.5) is 4.79 Å². The number of hydrogen-bond donors (Lipinski definition) is 3. The molecule has 6 nitrogen and oxygen atoms in total. The fraction of sp³-hybridized carbons (Fsp3) is 0.500. The summed E-state index contributed by atoms with van der Waals surface area (Å²) < 4.78 is 0. The topological polar surface area (TPSA) is 73.5 Å². The van der Waals surface area contributed by atoms with Crippen molar-refractivity contribution in [3.8, 4) is 0 Å². The van der Waals surface area contributed by atoms with Crippen LogP contribution in [0.1, 0.15) is 18.4 Å². The van der Waals surface area contributed by atoms with Gasteiger partial charge in [-0.1, -0.05) is 30.3 Å². The van der Waals surface area contributed by atoms with E-state index in [1.807, 2.05) is 37.4 Å². The van der Waals surface area contributed by atoms with Crippen molar-refractivity contribution in [2.75, 3.05) is 33.7 Å². The van der Waals surface area contributed by atoms with Gasteiger partial charge in [0.15, 0.2) is 0 Å². The van der Waals surface area contributed by atoms with E-state index in [1.165, 1.54) is 0 Å². The SMILES string of the molecule is CNCCCNC(=O)CCNC(=O)N(C)Cc1ccccc1. The predicted octanol–water partition coefficient (Wildman–Crippen LogP) is 0.944. The molecule has 0 saturated heterocycles. The Balaban J connectivity index is 2.15. The van der Waals surface area contributed by atoms with E-state index in [-0.39, 0.29) is 11.9 Å². The quantitative estimate of drug-likeness (QED) is 0.595. The first kappa shape index (κ1) is 18.0. The zero-order valence-electron chi connectivity index (χ0n) is 13.4. The van der Waals surface area contributed by atoms with Crippen molar-refractivity contribution in [3.05, 3.63) is 35.9 Å². The molecule has 0 aliphatic heterocycles. The first-order valence-electron chi connectivity index (χ1n) is 7.57. The molecular weight excluding hydrogens is 280 g/mol. The molecule has 3 amide bonds. The Morgan fingerprint density at radius 2 is 1.77 bits per heavy atom. The summed E-state index contributed by atoms with van der Waals surface area (Å²) in [6, 6.07) is 9.61. The number of rotatable bonds is 9. The lowest BCUT2D eigenvalue weighted by Crippen LogP contribution is -2.39. The smallest absolute Gasteiger partial charge is 0.317 e. The van der Waals surface area contributed by atoms with Gasteiger partial charge in [0.05, 0.1) is 0 Å². The molecule has 0 spiro atoms. The van der Waals surface area contributed by atoms with E-state index < -0.39 is 0 Å². The molecule has 0 radical (unpaired) electrons. The molecule has 0 aromatic heterocycles. The maximum atomic E-state index is 11.9. The summed E-state index contributed by atoms with van der Waals surface area (Å²) in [5, 5.41) is 8.58. The molecule has 122 valence electrons. The number of hydrogen-bond acceptors (Lipinski definition) is 3. The Kier molecular flexibility index (Phi) is 8.67. The molecule has 6 heteroatoms. The third-order valence-electron chi connectivity index (χ3n) is 3.16. The van der Waals surface area contributed by atoms with Crippen molar-refractivity contribution < 1.29 is 9.59 Å². The van der Waals surface area contributed by atoms with Gasteiger partial charge in [-0.25, -0.2) is 4.79 Å². The van der Waals surface area contributed by atoms with Crippen molar-refractivity contribution in [1.29, 1.82) is 0 Å². The van der Waals surface area contributed by atoms with Gasteiger partial charge in [0, 0.05) is 33.1 Å². The van der Waals surface area contributed by atoms with E-state index in [4.69, 9.17) is 0 Å². The van der Waals surface area contributed by atoms with Crippen molar-refractivity contribution in [3.63, 3.8) is 0 Å². The van der Waals surface area contributed by atoms with Gasteiger partial charge in [0.2, 0.25) is 5.91 Å². The molecule has 0 aliphatic rings. The van der Waals surface area contributed by atoms with Crippen molar-refractivity contribution >= 4 is 11.9 Å². The van der Waals surface area contributed by atoms with Gasteiger partial charge in [-0.05, 0) is 25.6 Å². The van der Waals surface area contributed by atoms with E-state index in [0.29, 0.717) is 26.1 Å². The van der Waals surface area contributed by atoms with Gasteiger partial charge in [-0.2, -0.15) is 0 Å². The molecule has 1 aromatic carbocycles. The molecule has 0 aliphatic carbocycles. The summed E-state index contributed by atoms with van der Waals surface area (Å²) >= 11 is 0. The largest absolute Gasteiger partial charge is 0.356 e. The summed E-state index contributed by atoms with van der Waals surface area (Å²) in [7, 11) is 3.61. The van der Waals surface area contributed by atoms with Crippen LogP contribution >= 0.6 is 0 Å². The average Bonchev–Trinajstić information content (AvgIpc) is 2.52. The molecule has 1 rings (SSSR count). The first-order chi connectivity index (χ1) is 10.6. The number of benzene rings is 1. The van der Waals surface area contributed by atoms with Crippen LogP contribution in [0.5, 0.6) is 0 Å². The molecule has 0 bridgehead atoms. The standard InChI is InChI=1S/C16H26N4O2/c1-17-10-6-11-18-15(21)9-12-19-16(22)20(2)13-14-7-4-3-5-8-14/h3-5,7-8,17H,6,9-13H2,1-2H3,(H,18,21)(H,19,22). The van der Waals surface area contributed by atoms with Crippen LogP contribution in [0.2, 0.25) is 0 Å². The second kappa shape index (κ2) is 10.6. The van der Waals surface area contributed by atoms with Crippen LogP contribution in [0.15, 0.2) is 30.3 Å². The van der Waals surface area contributed by atoms with Crippen LogP contribution in [0.25, 0.3) is 0 Å². The lowest BCUT2D eigenvalue weighted by molar-refractivity contribution is -0.120. The minimum atomic E-state index is -0.174. The second-order valence-corrected chi connectivity index (χ2v) is 5.13. The minimum Gasteiger partial charge on any atom is -0.356 e. The summed E-state index contributed by atoms with van der Waals surface area (Å²) in [5.74, 6) is -0.0397.